The van der Waals surface area contributed by atoms with Crippen molar-refractivity contribution in [3.63, 3.8) is 0 Å². The molecule has 0 aliphatic heterocycles. The van der Waals surface area contributed by atoms with Gasteiger partial charge >= 0.3 is 5.82 Å². The van der Waals surface area contributed by atoms with Gasteiger partial charge < -0.3 is 15.8 Å². The van der Waals surface area contributed by atoms with Gasteiger partial charge in [0, 0.05) is 5.56 Å². The largest absolute Gasteiger partial charge is 0.391 e. The number of nitrogen functional groups attached to an aromatic ring is 1. The van der Waals surface area contributed by atoms with Crippen LogP contribution in [-0.2, 0) is 0 Å². The van der Waals surface area contributed by atoms with Crippen LogP contribution in [0.5, 0.6) is 0 Å². The van der Waals surface area contributed by atoms with Gasteiger partial charge in [0.25, 0.3) is 0 Å². The zero-order valence-corrected chi connectivity index (χ0v) is 9.54. The Labute approximate surface area is 104 Å². The molecular weight excluding hydrogens is 230 g/mol. The molecule has 0 saturated heterocycles. The molecule has 2 rings (SSSR count). The van der Waals surface area contributed by atoms with Crippen LogP contribution in [0.15, 0.2) is 49.2 Å². The van der Waals surface area contributed by atoms with Crippen molar-refractivity contribution in [3.05, 3.63) is 70.4 Å². The molecule has 1 aromatic heterocycles. The first-order valence-electron chi connectivity index (χ1n) is 5.25. The molecule has 1 heterocycles. The molecule has 90 valence electrons. The van der Waals surface area contributed by atoms with Crippen LogP contribution < -0.4 is 5.73 Å². The molecule has 0 aliphatic carbocycles. The van der Waals surface area contributed by atoms with E-state index in [0.717, 1.165) is 5.56 Å². The predicted octanol–water partition coefficient (Wildman–Crippen LogP) is 2.63. The number of benzene rings is 1. The third-order valence-electron chi connectivity index (χ3n) is 2.59. The van der Waals surface area contributed by atoms with Gasteiger partial charge in [0.1, 0.15) is 11.9 Å². The third kappa shape index (κ3) is 2.06. The average molecular weight is 241 g/mol. The summed E-state index contributed by atoms with van der Waals surface area (Å²) >= 11 is 0. The molecule has 0 amide bonds. The number of hydrogen-bond acceptors (Lipinski definition) is 4. The highest BCUT2D eigenvalue weighted by Gasteiger charge is 2.18. The molecule has 0 bridgehead atoms. The second-order valence-electron chi connectivity index (χ2n) is 3.70. The first-order chi connectivity index (χ1) is 8.61. The monoisotopic (exact) mass is 241 g/mol. The first kappa shape index (κ1) is 11.8. The van der Waals surface area contributed by atoms with E-state index in [4.69, 9.17) is 5.73 Å². The van der Waals surface area contributed by atoms with E-state index in [1.807, 2.05) is 30.3 Å². The summed E-state index contributed by atoms with van der Waals surface area (Å²) in [5, 5.41) is 10.8. The molecule has 0 radical (unpaired) electrons. The van der Waals surface area contributed by atoms with Gasteiger partial charge in [0.15, 0.2) is 0 Å². The lowest BCUT2D eigenvalue weighted by atomic mass is 9.99. The quantitative estimate of drug-likeness (QED) is 0.661. The summed E-state index contributed by atoms with van der Waals surface area (Å²) in [6.45, 7) is 3.93. The molecular formula is C13H11N3O2. The molecule has 1 aromatic carbocycles. The van der Waals surface area contributed by atoms with E-state index in [2.05, 4.69) is 11.6 Å². The Bertz CT molecular complexity index is 609. The lowest BCUT2D eigenvalue weighted by molar-refractivity contribution is -0.388. The first-order valence-corrected chi connectivity index (χ1v) is 5.25. The summed E-state index contributed by atoms with van der Waals surface area (Å²) in [5.74, 6) is -0.343. The fraction of sp³-hybridized carbons (Fsp3) is 0. The van der Waals surface area contributed by atoms with Crippen molar-refractivity contribution in [2.75, 3.05) is 5.73 Å². The van der Waals surface area contributed by atoms with Gasteiger partial charge in [-0.05, 0) is 27.1 Å². The molecule has 0 fully saturated rings. The maximum Gasteiger partial charge on any atom is 0.387 e. The molecule has 0 saturated carbocycles. The molecule has 0 unspecified atom stereocenters. The number of pyridine rings is 1. The minimum atomic E-state index is -0.600. The van der Waals surface area contributed by atoms with E-state index >= 15 is 0 Å². The Morgan fingerprint density at radius 2 is 1.94 bits per heavy atom. The lowest BCUT2D eigenvalue weighted by Crippen LogP contribution is -2.02. The molecule has 5 nitrogen and oxygen atoms in total. The average Bonchev–Trinajstić information content (AvgIpc) is 2.39. The van der Waals surface area contributed by atoms with E-state index in [9.17, 15) is 10.1 Å². The zero-order chi connectivity index (χ0) is 13.1. The van der Waals surface area contributed by atoms with Crippen molar-refractivity contribution < 1.29 is 4.92 Å². The van der Waals surface area contributed by atoms with Crippen LogP contribution in [0.2, 0.25) is 0 Å². The summed E-state index contributed by atoms with van der Waals surface area (Å²) in [6, 6.07) is 11.0. The van der Waals surface area contributed by atoms with Crippen molar-refractivity contribution in [1.29, 1.82) is 0 Å². The molecule has 5 heteroatoms. The summed E-state index contributed by atoms with van der Waals surface area (Å²) in [4.78, 5) is 13.8. The Balaban J connectivity index is 2.50. The smallest absolute Gasteiger partial charge is 0.387 e. The van der Waals surface area contributed by atoms with Gasteiger partial charge in [-0.15, -0.1) is 0 Å². The number of nitrogens with two attached hydrogens (primary N) is 1. The highest BCUT2D eigenvalue weighted by molar-refractivity contribution is 5.86. The Morgan fingerprint density at radius 1 is 1.28 bits per heavy atom. The summed E-state index contributed by atoms with van der Waals surface area (Å²) in [7, 11) is 0. The third-order valence-corrected chi connectivity index (χ3v) is 2.59. The fourth-order valence-corrected chi connectivity index (χ4v) is 1.67. The normalized spacial score (nSPS) is 10.0. The second-order valence-corrected chi connectivity index (χ2v) is 3.70. The van der Waals surface area contributed by atoms with Gasteiger partial charge in [-0.25, -0.2) is 0 Å². The van der Waals surface area contributed by atoms with Crippen LogP contribution in [0.1, 0.15) is 11.1 Å². The van der Waals surface area contributed by atoms with Gasteiger partial charge in [-0.3, -0.25) is 0 Å². The minimum Gasteiger partial charge on any atom is -0.391 e. The van der Waals surface area contributed by atoms with Crippen molar-refractivity contribution >= 4 is 17.1 Å². The summed E-state index contributed by atoms with van der Waals surface area (Å²) in [5.41, 5.74) is 7.83. The predicted molar refractivity (Wildman–Crippen MR) is 69.9 cm³/mol. The Kier molecular flexibility index (Phi) is 3.05. The Morgan fingerprint density at radius 3 is 2.56 bits per heavy atom. The SMILES string of the molecule is C=C(c1ccccc1)c1ccnc([N+](=O)[O-])c1N. The second kappa shape index (κ2) is 4.67. The van der Waals surface area contributed by atoms with Gasteiger partial charge in [-0.1, -0.05) is 36.9 Å². The van der Waals surface area contributed by atoms with E-state index < -0.39 is 4.92 Å². The minimum absolute atomic E-state index is 0.0383. The van der Waals surface area contributed by atoms with Crippen LogP contribution in [-0.4, -0.2) is 9.91 Å². The zero-order valence-electron chi connectivity index (χ0n) is 9.54. The van der Waals surface area contributed by atoms with E-state index in [1.165, 1.54) is 6.20 Å². The highest BCUT2D eigenvalue weighted by Crippen LogP contribution is 2.30. The lowest BCUT2D eigenvalue weighted by Gasteiger charge is -2.08. The number of rotatable bonds is 3. The maximum atomic E-state index is 10.8. The van der Waals surface area contributed by atoms with Crippen LogP contribution in [0.25, 0.3) is 5.57 Å². The molecule has 0 aliphatic rings. The van der Waals surface area contributed by atoms with E-state index in [0.29, 0.717) is 11.1 Å². The molecule has 2 aromatic rings. The Hall–Kier alpha value is -2.69. The van der Waals surface area contributed by atoms with Crippen LogP contribution in [0.4, 0.5) is 11.5 Å². The van der Waals surface area contributed by atoms with Gasteiger partial charge in [0.2, 0.25) is 0 Å². The number of nitrogens with zero attached hydrogens (tertiary/aromatic N) is 2. The fourth-order valence-electron chi connectivity index (χ4n) is 1.67. The number of hydrogen-bond donors (Lipinski definition) is 1. The van der Waals surface area contributed by atoms with Crippen LogP contribution in [0, 0.1) is 10.1 Å². The van der Waals surface area contributed by atoms with Crippen LogP contribution in [0.3, 0.4) is 0 Å². The van der Waals surface area contributed by atoms with E-state index in [-0.39, 0.29) is 11.5 Å². The van der Waals surface area contributed by atoms with Crippen molar-refractivity contribution in [2.24, 2.45) is 0 Å². The standard InChI is InChI=1S/C13H11N3O2/c1-9(10-5-3-2-4-6-10)11-7-8-15-13(12(11)14)16(17)18/h2-8H,1,14H2. The van der Waals surface area contributed by atoms with Crippen LogP contribution >= 0.6 is 0 Å². The van der Waals surface area contributed by atoms with E-state index in [1.54, 1.807) is 6.07 Å². The van der Waals surface area contributed by atoms with Gasteiger partial charge in [-0.2, -0.15) is 0 Å². The van der Waals surface area contributed by atoms with Gasteiger partial charge in [0.05, 0.1) is 0 Å². The highest BCUT2D eigenvalue weighted by atomic mass is 16.6. The molecule has 0 atom stereocenters. The molecule has 0 spiro atoms. The molecule has 2 N–H and O–H groups in total. The number of nitro groups is 1. The summed E-state index contributed by atoms with van der Waals surface area (Å²) in [6.07, 6.45) is 1.36. The number of anilines is 1. The summed E-state index contributed by atoms with van der Waals surface area (Å²) < 4.78 is 0. The van der Waals surface area contributed by atoms with Crippen molar-refractivity contribution in [1.82, 2.24) is 4.98 Å². The van der Waals surface area contributed by atoms with Crippen molar-refractivity contribution in [3.8, 4) is 0 Å². The van der Waals surface area contributed by atoms with Crippen molar-refractivity contribution in [2.45, 2.75) is 0 Å². The maximum absolute atomic E-state index is 10.8. The topological polar surface area (TPSA) is 82.0 Å². The molecule has 18 heavy (non-hydrogen) atoms. The number of aromatic nitrogens is 1.